The van der Waals surface area contributed by atoms with Crippen molar-refractivity contribution in [3.63, 3.8) is 0 Å². The predicted molar refractivity (Wildman–Crippen MR) is 53.4 cm³/mol. The second kappa shape index (κ2) is 3.13. The van der Waals surface area contributed by atoms with Gasteiger partial charge in [-0.3, -0.25) is 4.79 Å². The van der Waals surface area contributed by atoms with Gasteiger partial charge in [-0.25, -0.2) is 0 Å². The van der Waals surface area contributed by atoms with E-state index in [1.165, 1.54) is 5.57 Å². The fourth-order valence-electron chi connectivity index (χ4n) is 2.35. The monoisotopic (exact) mass is 176 g/mol. The zero-order chi connectivity index (χ0) is 9.31. The number of ketones is 1. The van der Waals surface area contributed by atoms with E-state index in [1.54, 1.807) is 0 Å². The van der Waals surface area contributed by atoms with Gasteiger partial charge in [-0.15, -0.1) is 0 Å². The third-order valence-corrected chi connectivity index (χ3v) is 3.25. The molecule has 0 aliphatic heterocycles. The van der Waals surface area contributed by atoms with E-state index in [0.29, 0.717) is 5.78 Å². The second-order valence-electron chi connectivity index (χ2n) is 4.35. The topological polar surface area (TPSA) is 17.1 Å². The lowest BCUT2D eigenvalue weighted by atomic mass is 9.74. The van der Waals surface area contributed by atoms with Crippen LogP contribution in [0.1, 0.15) is 39.0 Å². The highest BCUT2D eigenvalue weighted by Gasteiger charge is 2.29. The average Bonchev–Trinajstić information content (AvgIpc) is 2.23. The Balaban J connectivity index is 2.37. The lowest BCUT2D eigenvalue weighted by molar-refractivity contribution is -0.114. The standard InChI is InChI=1S/C12H16O/c1-12-7-3-2-5-10(12)9-11(13)6-4-8-12/h3,7,9H,2,4-6,8H2,1H3/t12-/m1/s1. The fourth-order valence-corrected chi connectivity index (χ4v) is 2.35. The summed E-state index contributed by atoms with van der Waals surface area (Å²) in [6.07, 6.45) is 11.6. The number of carbonyl (C=O) groups excluding carboxylic acids is 1. The van der Waals surface area contributed by atoms with Crippen molar-refractivity contribution in [3.05, 3.63) is 23.8 Å². The molecule has 2 aliphatic rings. The van der Waals surface area contributed by atoms with E-state index >= 15 is 0 Å². The van der Waals surface area contributed by atoms with Crippen molar-refractivity contribution >= 4 is 5.78 Å². The minimum Gasteiger partial charge on any atom is -0.295 e. The maximum Gasteiger partial charge on any atom is 0.155 e. The van der Waals surface area contributed by atoms with E-state index in [-0.39, 0.29) is 5.41 Å². The molecule has 2 rings (SSSR count). The molecule has 0 unspecified atom stereocenters. The molecule has 0 fully saturated rings. The SMILES string of the molecule is C[C@]12C=CCCC1=CC(=O)CCC2. The smallest absolute Gasteiger partial charge is 0.155 e. The van der Waals surface area contributed by atoms with Crippen LogP contribution in [0.5, 0.6) is 0 Å². The van der Waals surface area contributed by atoms with Gasteiger partial charge < -0.3 is 0 Å². The quantitative estimate of drug-likeness (QED) is 0.518. The van der Waals surface area contributed by atoms with Gasteiger partial charge in [0.15, 0.2) is 5.78 Å². The number of fused-ring (bicyclic) bond motifs is 1. The van der Waals surface area contributed by atoms with Crippen molar-refractivity contribution in [1.29, 1.82) is 0 Å². The molecule has 1 nitrogen and oxygen atoms in total. The summed E-state index contributed by atoms with van der Waals surface area (Å²) in [5, 5.41) is 0. The second-order valence-corrected chi connectivity index (χ2v) is 4.35. The van der Waals surface area contributed by atoms with Crippen LogP contribution < -0.4 is 0 Å². The van der Waals surface area contributed by atoms with Gasteiger partial charge in [0.2, 0.25) is 0 Å². The Labute approximate surface area is 79.5 Å². The van der Waals surface area contributed by atoms with Crippen molar-refractivity contribution in [2.45, 2.75) is 39.0 Å². The summed E-state index contributed by atoms with van der Waals surface area (Å²) in [4.78, 5) is 11.4. The summed E-state index contributed by atoms with van der Waals surface area (Å²) in [6, 6.07) is 0. The minimum atomic E-state index is 0.199. The van der Waals surface area contributed by atoms with Crippen molar-refractivity contribution < 1.29 is 4.79 Å². The van der Waals surface area contributed by atoms with Crippen LogP contribution in [0.15, 0.2) is 23.8 Å². The highest BCUT2D eigenvalue weighted by atomic mass is 16.1. The Kier molecular flexibility index (Phi) is 2.10. The Morgan fingerprint density at radius 1 is 1.38 bits per heavy atom. The third-order valence-electron chi connectivity index (χ3n) is 3.25. The van der Waals surface area contributed by atoms with Gasteiger partial charge in [-0.2, -0.15) is 0 Å². The Hall–Kier alpha value is -0.850. The summed E-state index contributed by atoms with van der Waals surface area (Å²) >= 11 is 0. The lowest BCUT2D eigenvalue weighted by Crippen LogP contribution is -2.18. The molecule has 1 heteroatoms. The van der Waals surface area contributed by atoms with Crippen LogP contribution in [-0.2, 0) is 4.79 Å². The van der Waals surface area contributed by atoms with Gasteiger partial charge in [0.05, 0.1) is 0 Å². The molecule has 0 saturated heterocycles. The van der Waals surface area contributed by atoms with Crippen molar-refractivity contribution in [1.82, 2.24) is 0 Å². The van der Waals surface area contributed by atoms with Gasteiger partial charge in [0.25, 0.3) is 0 Å². The van der Waals surface area contributed by atoms with Gasteiger partial charge in [-0.1, -0.05) is 24.6 Å². The molecule has 0 N–H and O–H groups in total. The van der Waals surface area contributed by atoms with Crippen LogP contribution in [0, 0.1) is 5.41 Å². The molecule has 0 radical (unpaired) electrons. The maximum absolute atomic E-state index is 11.4. The van der Waals surface area contributed by atoms with E-state index in [1.807, 2.05) is 6.08 Å². The zero-order valence-corrected chi connectivity index (χ0v) is 8.18. The molecule has 13 heavy (non-hydrogen) atoms. The van der Waals surface area contributed by atoms with Crippen LogP contribution in [0.4, 0.5) is 0 Å². The van der Waals surface area contributed by atoms with Crippen LogP contribution >= 0.6 is 0 Å². The van der Waals surface area contributed by atoms with Crippen LogP contribution in [0.3, 0.4) is 0 Å². The molecule has 2 aliphatic carbocycles. The average molecular weight is 176 g/mol. The first-order chi connectivity index (χ1) is 6.21. The molecule has 70 valence electrons. The molecule has 0 heterocycles. The van der Waals surface area contributed by atoms with E-state index in [4.69, 9.17) is 0 Å². The summed E-state index contributed by atoms with van der Waals surface area (Å²) in [6.45, 7) is 2.26. The summed E-state index contributed by atoms with van der Waals surface area (Å²) in [7, 11) is 0. The van der Waals surface area contributed by atoms with Crippen molar-refractivity contribution in [2.24, 2.45) is 5.41 Å². The highest BCUT2D eigenvalue weighted by molar-refractivity contribution is 5.90. The van der Waals surface area contributed by atoms with Crippen LogP contribution in [0.2, 0.25) is 0 Å². The van der Waals surface area contributed by atoms with Gasteiger partial charge in [-0.05, 0) is 31.8 Å². The fraction of sp³-hybridized carbons (Fsp3) is 0.583. The lowest BCUT2D eigenvalue weighted by Gasteiger charge is -2.31. The molecule has 1 atom stereocenters. The summed E-state index contributed by atoms with van der Waals surface area (Å²) in [5.41, 5.74) is 1.56. The van der Waals surface area contributed by atoms with Gasteiger partial charge in [0.1, 0.15) is 0 Å². The first-order valence-electron chi connectivity index (χ1n) is 5.12. The summed E-state index contributed by atoms with van der Waals surface area (Å²) in [5.74, 6) is 0.328. The Morgan fingerprint density at radius 3 is 3.08 bits per heavy atom. The van der Waals surface area contributed by atoms with E-state index in [0.717, 1.165) is 32.1 Å². The molecule has 0 aromatic heterocycles. The Morgan fingerprint density at radius 2 is 2.23 bits per heavy atom. The van der Waals surface area contributed by atoms with E-state index < -0.39 is 0 Å². The zero-order valence-electron chi connectivity index (χ0n) is 8.18. The number of rotatable bonds is 0. The van der Waals surface area contributed by atoms with Crippen molar-refractivity contribution in [3.8, 4) is 0 Å². The highest BCUT2D eigenvalue weighted by Crippen LogP contribution is 2.41. The number of hydrogen-bond donors (Lipinski definition) is 0. The number of allylic oxidation sites excluding steroid dienone is 4. The van der Waals surface area contributed by atoms with E-state index in [9.17, 15) is 4.79 Å². The normalized spacial score (nSPS) is 33.6. The predicted octanol–water partition coefficient (Wildman–Crippen LogP) is 3.02. The molecule has 0 aromatic carbocycles. The van der Waals surface area contributed by atoms with Crippen LogP contribution in [-0.4, -0.2) is 5.78 Å². The molecular weight excluding hydrogens is 160 g/mol. The summed E-state index contributed by atoms with van der Waals surface area (Å²) < 4.78 is 0. The van der Waals surface area contributed by atoms with Gasteiger partial charge >= 0.3 is 0 Å². The molecule has 0 amide bonds. The molecule has 0 aromatic rings. The minimum absolute atomic E-state index is 0.199. The van der Waals surface area contributed by atoms with Crippen LogP contribution in [0.25, 0.3) is 0 Å². The first kappa shape index (κ1) is 8.74. The Bertz CT molecular complexity index is 285. The molecule has 0 bridgehead atoms. The van der Waals surface area contributed by atoms with Crippen molar-refractivity contribution in [2.75, 3.05) is 0 Å². The molecule has 0 saturated carbocycles. The number of carbonyl (C=O) groups is 1. The number of hydrogen-bond acceptors (Lipinski definition) is 1. The van der Waals surface area contributed by atoms with Gasteiger partial charge in [0, 0.05) is 11.8 Å². The maximum atomic E-state index is 11.4. The third kappa shape index (κ3) is 1.60. The largest absolute Gasteiger partial charge is 0.295 e. The van der Waals surface area contributed by atoms with E-state index in [2.05, 4.69) is 19.1 Å². The molecule has 0 spiro atoms. The first-order valence-corrected chi connectivity index (χ1v) is 5.12. The molecular formula is C12H16O.